The van der Waals surface area contributed by atoms with Crippen molar-refractivity contribution in [1.82, 2.24) is 9.97 Å². The summed E-state index contributed by atoms with van der Waals surface area (Å²) in [6.07, 6.45) is 1.29. The number of nitrogens with zero attached hydrogens (tertiary/aromatic N) is 3. The van der Waals surface area contributed by atoms with Crippen molar-refractivity contribution in [2.24, 2.45) is 0 Å². The fourth-order valence-corrected chi connectivity index (χ4v) is 2.60. The van der Waals surface area contributed by atoms with E-state index in [9.17, 15) is 15.2 Å². The first-order valence-electron chi connectivity index (χ1n) is 7.57. The van der Waals surface area contributed by atoms with E-state index >= 15 is 0 Å². The van der Waals surface area contributed by atoms with Crippen LogP contribution in [-0.4, -0.2) is 34.2 Å². The van der Waals surface area contributed by atoms with Crippen molar-refractivity contribution in [1.29, 1.82) is 0 Å². The summed E-state index contributed by atoms with van der Waals surface area (Å²) >= 11 is 0. The summed E-state index contributed by atoms with van der Waals surface area (Å²) in [4.78, 5) is 19.4. The molecule has 0 bridgehead atoms. The molecule has 10 heteroatoms. The van der Waals surface area contributed by atoms with E-state index in [0.29, 0.717) is 16.8 Å². The molecule has 0 saturated heterocycles. The van der Waals surface area contributed by atoms with Crippen LogP contribution in [0, 0.1) is 17.0 Å². The van der Waals surface area contributed by atoms with Crippen molar-refractivity contribution in [3.63, 3.8) is 0 Å². The number of ether oxygens (including phenoxy) is 2. The second kappa shape index (κ2) is 7.92. The van der Waals surface area contributed by atoms with Crippen LogP contribution in [0.4, 0.5) is 17.2 Å². The summed E-state index contributed by atoms with van der Waals surface area (Å²) < 4.78 is 10.4. The number of aromatic nitrogens is 2. The Morgan fingerprint density at radius 3 is 2.52 bits per heavy atom. The van der Waals surface area contributed by atoms with Crippen molar-refractivity contribution in [2.75, 3.05) is 19.5 Å². The lowest BCUT2D eigenvalue weighted by Crippen LogP contribution is -2.03. The van der Waals surface area contributed by atoms with Gasteiger partial charge in [0.05, 0.1) is 24.7 Å². The highest BCUT2D eigenvalue weighted by Crippen LogP contribution is 2.44. The Labute approximate surface area is 160 Å². The van der Waals surface area contributed by atoms with Crippen LogP contribution in [0.25, 0.3) is 10.9 Å². The first-order valence-corrected chi connectivity index (χ1v) is 7.57. The molecule has 1 aromatic heterocycles. The van der Waals surface area contributed by atoms with Crippen molar-refractivity contribution in [3.05, 3.63) is 46.3 Å². The summed E-state index contributed by atoms with van der Waals surface area (Å²) in [6, 6.07) is 6.51. The number of benzene rings is 2. The molecule has 2 N–H and O–H groups in total. The maximum absolute atomic E-state index is 11.7. The number of aromatic hydroxyl groups is 1. The fourth-order valence-electron chi connectivity index (χ4n) is 2.60. The van der Waals surface area contributed by atoms with Crippen LogP contribution in [0.3, 0.4) is 0 Å². The quantitative estimate of drug-likeness (QED) is 0.497. The predicted octanol–water partition coefficient (Wildman–Crippen LogP) is 3.73. The molecule has 3 rings (SSSR count). The topological polar surface area (TPSA) is 120 Å². The normalized spacial score (nSPS) is 10.2. The van der Waals surface area contributed by atoms with E-state index in [2.05, 4.69) is 15.3 Å². The number of hydrogen-bond donors (Lipinski definition) is 2. The van der Waals surface area contributed by atoms with Crippen LogP contribution in [0.2, 0.25) is 0 Å². The third-order valence-electron chi connectivity index (χ3n) is 3.90. The second-order valence-corrected chi connectivity index (χ2v) is 5.46. The minimum absolute atomic E-state index is 0. The smallest absolute Gasteiger partial charge is 0.327 e. The molecule has 0 aliphatic rings. The zero-order valence-electron chi connectivity index (χ0n) is 14.7. The SMILES string of the molecule is COc1cc2ncnc(Nc3ccc(C)c(O)c3)c2c([N+](=O)[O-])c1OC.Cl. The molecular formula is C17H17ClN4O5. The largest absolute Gasteiger partial charge is 0.508 e. The Kier molecular flexibility index (Phi) is 5.86. The third-order valence-corrected chi connectivity index (χ3v) is 3.90. The van der Waals surface area contributed by atoms with E-state index in [1.54, 1.807) is 25.1 Å². The van der Waals surface area contributed by atoms with Gasteiger partial charge in [-0.3, -0.25) is 10.1 Å². The molecule has 3 aromatic rings. The van der Waals surface area contributed by atoms with Crippen LogP contribution in [0.5, 0.6) is 17.2 Å². The number of phenolic OH excluding ortho intramolecular Hbond substituents is 1. The van der Waals surface area contributed by atoms with Crippen molar-refractivity contribution >= 4 is 40.5 Å². The van der Waals surface area contributed by atoms with Crippen molar-refractivity contribution < 1.29 is 19.5 Å². The first kappa shape index (κ1) is 20.0. The first-order chi connectivity index (χ1) is 12.5. The average molecular weight is 393 g/mol. The van der Waals surface area contributed by atoms with Crippen LogP contribution in [0.15, 0.2) is 30.6 Å². The molecule has 0 spiro atoms. The molecule has 2 aromatic carbocycles. The average Bonchev–Trinajstić information content (AvgIpc) is 2.63. The van der Waals surface area contributed by atoms with E-state index in [1.807, 2.05) is 0 Å². The minimum Gasteiger partial charge on any atom is -0.508 e. The number of hydrogen-bond acceptors (Lipinski definition) is 8. The number of nitro benzene ring substituents is 1. The molecule has 27 heavy (non-hydrogen) atoms. The van der Waals surface area contributed by atoms with E-state index in [1.165, 1.54) is 26.6 Å². The fraction of sp³-hybridized carbons (Fsp3) is 0.176. The lowest BCUT2D eigenvalue weighted by Gasteiger charge is -2.13. The van der Waals surface area contributed by atoms with E-state index in [-0.39, 0.29) is 46.5 Å². The molecule has 0 unspecified atom stereocenters. The maximum atomic E-state index is 11.7. The standard InChI is InChI=1S/C17H16N4O5.ClH/c1-9-4-5-10(6-12(9)22)20-17-14-11(18-8-19-17)7-13(25-2)16(26-3)15(14)21(23)24;/h4-8,22H,1-3H3,(H,18,19,20);1H. The zero-order chi connectivity index (χ0) is 18.8. The molecule has 0 aliphatic carbocycles. The molecular weight excluding hydrogens is 376 g/mol. The summed E-state index contributed by atoms with van der Waals surface area (Å²) in [5, 5.41) is 24.7. The van der Waals surface area contributed by atoms with E-state index in [4.69, 9.17) is 9.47 Å². The highest BCUT2D eigenvalue weighted by Gasteiger charge is 2.28. The summed E-state index contributed by atoms with van der Waals surface area (Å²) in [5.74, 6) is 0.493. The van der Waals surface area contributed by atoms with Gasteiger partial charge in [-0.05, 0) is 18.6 Å². The second-order valence-electron chi connectivity index (χ2n) is 5.46. The van der Waals surface area contributed by atoms with Crippen LogP contribution < -0.4 is 14.8 Å². The lowest BCUT2D eigenvalue weighted by molar-refractivity contribution is -0.384. The molecule has 9 nitrogen and oxygen atoms in total. The summed E-state index contributed by atoms with van der Waals surface area (Å²) in [7, 11) is 2.72. The van der Waals surface area contributed by atoms with Gasteiger partial charge in [0, 0.05) is 17.8 Å². The van der Waals surface area contributed by atoms with Crippen molar-refractivity contribution in [3.8, 4) is 17.2 Å². The van der Waals surface area contributed by atoms with E-state index < -0.39 is 4.92 Å². The van der Waals surface area contributed by atoms with Crippen LogP contribution in [-0.2, 0) is 0 Å². The molecule has 0 radical (unpaired) electrons. The number of anilines is 2. The zero-order valence-corrected chi connectivity index (χ0v) is 15.5. The third kappa shape index (κ3) is 3.63. The van der Waals surface area contributed by atoms with Gasteiger partial charge >= 0.3 is 5.69 Å². The molecule has 0 aliphatic heterocycles. The molecule has 0 fully saturated rings. The lowest BCUT2D eigenvalue weighted by atomic mass is 10.1. The molecule has 142 valence electrons. The minimum atomic E-state index is -0.565. The Morgan fingerprint density at radius 2 is 1.93 bits per heavy atom. The van der Waals surface area contributed by atoms with Crippen LogP contribution in [0.1, 0.15) is 5.56 Å². The molecule has 1 heterocycles. The number of methoxy groups -OCH3 is 2. The van der Waals surface area contributed by atoms with Gasteiger partial charge in [-0.25, -0.2) is 9.97 Å². The Morgan fingerprint density at radius 1 is 1.19 bits per heavy atom. The van der Waals surface area contributed by atoms with Gasteiger partial charge in [-0.1, -0.05) is 6.07 Å². The summed E-state index contributed by atoms with van der Waals surface area (Å²) in [6.45, 7) is 1.77. The number of rotatable bonds is 5. The van der Waals surface area contributed by atoms with Gasteiger partial charge in [-0.2, -0.15) is 0 Å². The summed E-state index contributed by atoms with van der Waals surface area (Å²) in [5.41, 5.74) is 1.25. The Hall–Kier alpha value is -3.33. The van der Waals surface area contributed by atoms with Gasteiger partial charge < -0.3 is 19.9 Å². The predicted molar refractivity (Wildman–Crippen MR) is 103 cm³/mol. The Bertz CT molecular complexity index is 1010. The van der Waals surface area contributed by atoms with Gasteiger partial charge in [-0.15, -0.1) is 12.4 Å². The number of aryl methyl sites for hydroxylation is 1. The number of fused-ring (bicyclic) bond motifs is 1. The number of phenols is 1. The number of nitro groups is 1. The number of nitrogens with one attached hydrogen (secondary N) is 1. The molecule has 0 atom stereocenters. The van der Waals surface area contributed by atoms with E-state index in [0.717, 1.165) is 0 Å². The maximum Gasteiger partial charge on any atom is 0.327 e. The molecule has 0 saturated carbocycles. The molecule has 0 amide bonds. The van der Waals surface area contributed by atoms with Gasteiger partial charge in [0.15, 0.2) is 5.75 Å². The Balaban J connectivity index is 0.00000261. The van der Waals surface area contributed by atoms with Gasteiger partial charge in [0.1, 0.15) is 23.3 Å². The highest BCUT2D eigenvalue weighted by atomic mass is 35.5. The van der Waals surface area contributed by atoms with Crippen LogP contribution >= 0.6 is 12.4 Å². The number of halogens is 1. The van der Waals surface area contributed by atoms with Gasteiger partial charge in [0.2, 0.25) is 5.75 Å². The highest BCUT2D eigenvalue weighted by molar-refractivity contribution is 6.01. The van der Waals surface area contributed by atoms with Gasteiger partial charge in [0.25, 0.3) is 0 Å². The van der Waals surface area contributed by atoms with Crippen molar-refractivity contribution in [2.45, 2.75) is 6.92 Å². The monoisotopic (exact) mass is 392 g/mol.